The Hall–Kier alpha value is -3.23. The maximum atomic E-state index is 12.9. The molecule has 2 aromatic heterocycles. The zero-order valence-corrected chi connectivity index (χ0v) is 18.9. The maximum absolute atomic E-state index is 12.9. The minimum atomic E-state index is -0.175. The molecular formula is C24H20N2O4S2. The molecule has 6 nitrogen and oxygen atoms in total. The Bertz CT molecular complexity index is 1240. The second kappa shape index (κ2) is 9.10. The molecule has 0 saturated carbocycles. The molecule has 2 aromatic carbocycles. The van der Waals surface area contributed by atoms with E-state index in [1.807, 2.05) is 66.9 Å². The lowest BCUT2D eigenvalue weighted by atomic mass is 10.2. The van der Waals surface area contributed by atoms with Crippen LogP contribution in [0.1, 0.15) is 11.5 Å². The van der Waals surface area contributed by atoms with Gasteiger partial charge in [-0.2, -0.15) is 0 Å². The van der Waals surface area contributed by atoms with Gasteiger partial charge in [0.1, 0.15) is 19.0 Å². The van der Waals surface area contributed by atoms with Gasteiger partial charge in [-0.05, 0) is 30.5 Å². The van der Waals surface area contributed by atoms with E-state index in [2.05, 4.69) is 10.3 Å². The van der Waals surface area contributed by atoms with E-state index in [1.54, 1.807) is 23.1 Å². The van der Waals surface area contributed by atoms with Crippen LogP contribution >= 0.6 is 23.1 Å². The average Bonchev–Trinajstić information content (AvgIpc) is 3.45. The first-order valence-corrected chi connectivity index (χ1v) is 11.8. The van der Waals surface area contributed by atoms with Gasteiger partial charge in [-0.1, -0.05) is 36.0 Å². The number of hydrogen-bond acceptors (Lipinski definition) is 7. The number of carbonyl (C=O) groups is 1. The molecule has 162 valence electrons. The average molecular weight is 465 g/mol. The quantitative estimate of drug-likeness (QED) is 0.388. The molecule has 8 heteroatoms. The van der Waals surface area contributed by atoms with E-state index in [-0.39, 0.29) is 12.3 Å². The highest BCUT2D eigenvalue weighted by atomic mass is 32.2. The minimum Gasteiger partial charge on any atom is -0.486 e. The number of nitrogens with zero attached hydrogens (tertiary/aromatic N) is 1. The van der Waals surface area contributed by atoms with Crippen LogP contribution in [-0.4, -0.2) is 24.1 Å². The zero-order chi connectivity index (χ0) is 21.9. The van der Waals surface area contributed by atoms with Crippen molar-refractivity contribution >= 4 is 34.7 Å². The highest BCUT2D eigenvalue weighted by Crippen LogP contribution is 2.42. The predicted octanol–water partition coefficient (Wildman–Crippen LogP) is 5.82. The van der Waals surface area contributed by atoms with Crippen LogP contribution in [0, 0.1) is 6.92 Å². The molecule has 4 aromatic rings. The van der Waals surface area contributed by atoms with Crippen LogP contribution in [0.15, 0.2) is 74.2 Å². The van der Waals surface area contributed by atoms with Crippen molar-refractivity contribution in [2.24, 2.45) is 0 Å². The SMILES string of the molecule is Cc1oc(-c2cccs2)nc1CC(=O)Nc1cc2c(cc1Sc1ccccc1)OCCO2. The Balaban J connectivity index is 1.38. The van der Waals surface area contributed by atoms with E-state index in [4.69, 9.17) is 13.9 Å². The molecule has 1 aliphatic heterocycles. The normalized spacial score (nSPS) is 12.5. The van der Waals surface area contributed by atoms with Crippen LogP contribution in [0.4, 0.5) is 5.69 Å². The van der Waals surface area contributed by atoms with Crippen molar-refractivity contribution in [3.63, 3.8) is 0 Å². The van der Waals surface area contributed by atoms with Gasteiger partial charge < -0.3 is 19.2 Å². The number of anilines is 1. The summed E-state index contributed by atoms with van der Waals surface area (Å²) in [6.45, 7) is 2.81. The fourth-order valence-corrected chi connectivity index (χ4v) is 4.89. The van der Waals surface area contributed by atoms with Gasteiger partial charge in [-0.15, -0.1) is 11.3 Å². The first-order valence-electron chi connectivity index (χ1n) is 10.1. The highest BCUT2D eigenvalue weighted by molar-refractivity contribution is 7.99. The lowest BCUT2D eigenvalue weighted by Crippen LogP contribution is -2.18. The number of oxazole rings is 1. The summed E-state index contributed by atoms with van der Waals surface area (Å²) in [5.41, 5.74) is 1.30. The number of thiophene rings is 1. The third-order valence-corrected chi connectivity index (χ3v) is 6.77. The van der Waals surface area contributed by atoms with Crippen LogP contribution < -0.4 is 14.8 Å². The van der Waals surface area contributed by atoms with Gasteiger partial charge >= 0.3 is 0 Å². The van der Waals surface area contributed by atoms with E-state index in [0.29, 0.717) is 47.7 Å². The monoisotopic (exact) mass is 464 g/mol. The second-order valence-corrected chi connectivity index (χ2v) is 9.19. The summed E-state index contributed by atoms with van der Waals surface area (Å²) >= 11 is 3.11. The minimum absolute atomic E-state index is 0.116. The van der Waals surface area contributed by atoms with Gasteiger partial charge in [0.2, 0.25) is 11.8 Å². The molecular weight excluding hydrogens is 444 g/mol. The number of amides is 1. The fraction of sp³-hybridized carbons (Fsp3) is 0.167. The number of carbonyl (C=O) groups excluding carboxylic acids is 1. The van der Waals surface area contributed by atoms with Gasteiger partial charge in [-0.25, -0.2) is 4.98 Å². The Labute approximate surface area is 193 Å². The summed E-state index contributed by atoms with van der Waals surface area (Å²) in [5.74, 6) is 2.32. The number of benzene rings is 2. The summed E-state index contributed by atoms with van der Waals surface area (Å²) in [6.07, 6.45) is 0.116. The smallest absolute Gasteiger partial charge is 0.236 e. The molecule has 1 aliphatic rings. The number of fused-ring (bicyclic) bond motifs is 1. The molecule has 0 atom stereocenters. The summed E-state index contributed by atoms with van der Waals surface area (Å²) in [7, 11) is 0. The molecule has 5 rings (SSSR count). The van der Waals surface area contributed by atoms with E-state index in [1.165, 1.54) is 0 Å². The van der Waals surface area contributed by atoms with Crippen LogP contribution in [0.5, 0.6) is 11.5 Å². The van der Waals surface area contributed by atoms with Gasteiger partial charge in [-0.3, -0.25) is 4.79 Å². The first kappa shape index (κ1) is 20.7. The number of aryl methyl sites for hydroxylation is 1. The number of hydrogen-bond donors (Lipinski definition) is 1. The Morgan fingerprint density at radius 2 is 1.88 bits per heavy atom. The van der Waals surface area contributed by atoms with Crippen molar-refractivity contribution in [3.05, 3.63) is 71.4 Å². The van der Waals surface area contributed by atoms with Crippen molar-refractivity contribution in [2.45, 2.75) is 23.1 Å². The highest BCUT2D eigenvalue weighted by Gasteiger charge is 2.20. The zero-order valence-electron chi connectivity index (χ0n) is 17.3. The van der Waals surface area contributed by atoms with Crippen molar-refractivity contribution in [2.75, 3.05) is 18.5 Å². The Morgan fingerprint density at radius 3 is 2.62 bits per heavy atom. The summed E-state index contributed by atoms with van der Waals surface area (Å²) in [5, 5.41) is 4.99. The summed E-state index contributed by atoms with van der Waals surface area (Å²) < 4.78 is 17.2. The summed E-state index contributed by atoms with van der Waals surface area (Å²) in [4.78, 5) is 20.3. The molecule has 3 heterocycles. The number of ether oxygens (including phenoxy) is 2. The molecule has 32 heavy (non-hydrogen) atoms. The molecule has 0 saturated heterocycles. The third kappa shape index (κ3) is 4.51. The van der Waals surface area contributed by atoms with Gasteiger partial charge in [0.25, 0.3) is 0 Å². The Morgan fingerprint density at radius 1 is 1.09 bits per heavy atom. The molecule has 0 radical (unpaired) electrons. The van der Waals surface area contributed by atoms with Crippen LogP contribution in [-0.2, 0) is 11.2 Å². The maximum Gasteiger partial charge on any atom is 0.236 e. The van der Waals surface area contributed by atoms with Crippen LogP contribution in [0.3, 0.4) is 0 Å². The van der Waals surface area contributed by atoms with Crippen molar-refractivity contribution in [1.82, 2.24) is 4.98 Å². The van der Waals surface area contributed by atoms with E-state index in [9.17, 15) is 4.79 Å². The van der Waals surface area contributed by atoms with E-state index < -0.39 is 0 Å². The van der Waals surface area contributed by atoms with Gasteiger partial charge in [0, 0.05) is 21.9 Å². The second-order valence-electron chi connectivity index (χ2n) is 7.13. The fourth-order valence-electron chi connectivity index (χ4n) is 3.31. The molecule has 0 bridgehead atoms. The van der Waals surface area contributed by atoms with Crippen molar-refractivity contribution < 1.29 is 18.7 Å². The summed E-state index contributed by atoms with van der Waals surface area (Å²) in [6, 6.07) is 17.6. The van der Waals surface area contributed by atoms with E-state index >= 15 is 0 Å². The molecule has 0 aliphatic carbocycles. The molecule has 0 spiro atoms. The molecule has 1 amide bonds. The predicted molar refractivity (Wildman–Crippen MR) is 125 cm³/mol. The topological polar surface area (TPSA) is 73.6 Å². The van der Waals surface area contributed by atoms with E-state index in [0.717, 1.165) is 14.7 Å². The lowest BCUT2D eigenvalue weighted by Gasteiger charge is -2.21. The van der Waals surface area contributed by atoms with Gasteiger partial charge in [0.15, 0.2) is 11.5 Å². The van der Waals surface area contributed by atoms with Crippen molar-refractivity contribution in [3.8, 4) is 22.3 Å². The molecule has 0 fully saturated rings. The molecule has 0 unspecified atom stereocenters. The lowest BCUT2D eigenvalue weighted by molar-refractivity contribution is -0.115. The number of nitrogens with one attached hydrogen (secondary N) is 1. The standard InChI is InChI=1S/C24H20N2O4S2/c1-15-17(26-24(30-15)21-8-5-11-31-21)13-23(27)25-18-12-19-20(29-10-9-28-19)14-22(18)32-16-6-3-2-4-7-16/h2-8,11-12,14H,9-10,13H2,1H3,(H,25,27). The molecule has 1 N–H and O–H groups in total. The van der Waals surface area contributed by atoms with Gasteiger partial charge in [0.05, 0.1) is 22.7 Å². The third-order valence-electron chi connectivity index (χ3n) is 4.84. The number of aromatic nitrogens is 1. The largest absolute Gasteiger partial charge is 0.486 e. The Kier molecular flexibility index (Phi) is 5.87. The first-order chi connectivity index (χ1) is 15.7. The van der Waals surface area contributed by atoms with Crippen LogP contribution in [0.2, 0.25) is 0 Å². The van der Waals surface area contributed by atoms with Crippen LogP contribution in [0.25, 0.3) is 10.8 Å². The number of rotatable bonds is 6. The van der Waals surface area contributed by atoms with Crippen molar-refractivity contribution in [1.29, 1.82) is 0 Å².